The highest BCUT2D eigenvalue weighted by atomic mass is 16.4. The van der Waals surface area contributed by atoms with Gasteiger partial charge in [0.2, 0.25) is 5.91 Å². The molecule has 0 aliphatic carbocycles. The number of carboxylic acids is 1. The Balaban J connectivity index is 1.69. The predicted molar refractivity (Wildman–Crippen MR) is 120 cm³/mol. The van der Waals surface area contributed by atoms with Crippen LogP contribution in [-0.4, -0.2) is 34.7 Å². The molecule has 7 heteroatoms. The minimum absolute atomic E-state index is 0.0479. The van der Waals surface area contributed by atoms with Crippen molar-refractivity contribution < 1.29 is 24.3 Å². The van der Waals surface area contributed by atoms with Crippen molar-refractivity contribution in [2.75, 3.05) is 5.32 Å². The van der Waals surface area contributed by atoms with Crippen LogP contribution < -0.4 is 10.6 Å². The Morgan fingerprint density at radius 1 is 0.812 bits per heavy atom. The van der Waals surface area contributed by atoms with E-state index in [0.29, 0.717) is 22.4 Å². The summed E-state index contributed by atoms with van der Waals surface area (Å²) in [5.41, 5.74) is 2.39. The summed E-state index contributed by atoms with van der Waals surface area (Å²) in [5.74, 6) is -2.15. The van der Waals surface area contributed by atoms with Crippen molar-refractivity contribution in [1.82, 2.24) is 5.32 Å². The molecule has 3 N–H and O–H groups in total. The molecule has 0 heterocycles. The van der Waals surface area contributed by atoms with Gasteiger partial charge in [-0.2, -0.15) is 0 Å². The number of nitrogens with one attached hydrogen (secondary N) is 2. The van der Waals surface area contributed by atoms with Crippen LogP contribution in [0.5, 0.6) is 0 Å². The van der Waals surface area contributed by atoms with Gasteiger partial charge in [-0.25, -0.2) is 4.79 Å². The van der Waals surface area contributed by atoms with Crippen molar-refractivity contribution in [1.29, 1.82) is 0 Å². The fourth-order valence-electron chi connectivity index (χ4n) is 3.17. The number of benzene rings is 3. The summed E-state index contributed by atoms with van der Waals surface area (Å²) in [6, 6.07) is 20.6. The summed E-state index contributed by atoms with van der Waals surface area (Å²) in [7, 11) is 0. The van der Waals surface area contributed by atoms with Crippen LogP contribution in [0.2, 0.25) is 0 Å². The van der Waals surface area contributed by atoms with E-state index < -0.39 is 17.9 Å². The van der Waals surface area contributed by atoms with Crippen LogP contribution in [0, 0.1) is 0 Å². The Bertz CT molecular complexity index is 1140. The first-order valence-corrected chi connectivity index (χ1v) is 9.93. The fraction of sp³-hybridized carbons (Fsp3) is 0.120. The second-order valence-electron chi connectivity index (χ2n) is 7.22. The van der Waals surface area contributed by atoms with Crippen LogP contribution >= 0.6 is 0 Å². The van der Waals surface area contributed by atoms with E-state index in [2.05, 4.69) is 10.6 Å². The van der Waals surface area contributed by atoms with Crippen LogP contribution in [0.25, 0.3) is 0 Å². The van der Waals surface area contributed by atoms with Crippen molar-refractivity contribution in [3.05, 3.63) is 101 Å². The Kier molecular flexibility index (Phi) is 7.13. The van der Waals surface area contributed by atoms with Gasteiger partial charge >= 0.3 is 5.97 Å². The first kappa shape index (κ1) is 22.4. The summed E-state index contributed by atoms with van der Waals surface area (Å²) in [4.78, 5) is 48.0. The predicted octanol–water partition coefficient (Wildman–Crippen LogP) is 3.30. The van der Waals surface area contributed by atoms with Crippen LogP contribution in [-0.2, 0) is 16.0 Å². The number of rotatable bonds is 8. The highest BCUT2D eigenvalue weighted by Gasteiger charge is 2.21. The maximum atomic E-state index is 12.6. The highest BCUT2D eigenvalue weighted by molar-refractivity contribution is 6.09. The molecule has 1 atom stereocenters. The van der Waals surface area contributed by atoms with Crippen molar-refractivity contribution in [3.8, 4) is 0 Å². The van der Waals surface area contributed by atoms with E-state index in [0.717, 1.165) is 0 Å². The molecule has 2 amide bonds. The average Bonchev–Trinajstić information content (AvgIpc) is 2.79. The molecule has 32 heavy (non-hydrogen) atoms. The van der Waals surface area contributed by atoms with Crippen LogP contribution in [0.4, 0.5) is 5.69 Å². The van der Waals surface area contributed by atoms with Gasteiger partial charge in [-0.1, -0.05) is 60.7 Å². The van der Waals surface area contributed by atoms with Gasteiger partial charge in [-0.3, -0.25) is 14.4 Å². The molecule has 0 fully saturated rings. The largest absolute Gasteiger partial charge is 0.480 e. The van der Waals surface area contributed by atoms with Crippen molar-refractivity contribution in [2.24, 2.45) is 0 Å². The zero-order valence-electron chi connectivity index (χ0n) is 17.4. The SMILES string of the molecule is CC(=O)Nc1cccc(C(=O)N[C@@H](Cc2ccc(C(=O)c3ccccc3)cc2)C(=O)O)c1. The van der Waals surface area contributed by atoms with E-state index in [-0.39, 0.29) is 23.7 Å². The first-order chi connectivity index (χ1) is 15.3. The van der Waals surface area contributed by atoms with Gasteiger partial charge < -0.3 is 15.7 Å². The van der Waals surface area contributed by atoms with E-state index in [1.807, 2.05) is 6.07 Å². The lowest BCUT2D eigenvalue weighted by molar-refractivity contribution is -0.139. The maximum absolute atomic E-state index is 12.6. The molecule has 3 rings (SSSR count). The normalized spacial score (nSPS) is 11.3. The number of anilines is 1. The summed E-state index contributed by atoms with van der Waals surface area (Å²) in [5, 5.41) is 14.7. The molecular weight excluding hydrogens is 408 g/mol. The Morgan fingerprint density at radius 3 is 2.06 bits per heavy atom. The standard InChI is InChI=1S/C25H22N2O5/c1-16(28)26-21-9-5-8-20(15-21)24(30)27-22(25(31)32)14-17-10-12-19(13-11-17)23(29)18-6-3-2-4-7-18/h2-13,15,22H,14H2,1H3,(H,26,28)(H,27,30)(H,31,32)/t22-/m0/s1. The highest BCUT2D eigenvalue weighted by Crippen LogP contribution is 2.14. The quantitative estimate of drug-likeness (QED) is 0.475. The third-order valence-corrected chi connectivity index (χ3v) is 4.74. The number of hydrogen-bond donors (Lipinski definition) is 3. The van der Waals surface area contributed by atoms with Crippen LogP contribution in [0.1, 0.15) is 38.8 Å². The molecule has 0 spiro atoms. The number of carbonyl (C=O) groups excluding carboxylic acids is 3. The van der Waals surface area contributed by atoms with E-state index >= 15 is 0 Å². The number of amides is 2. The second-order valence-corrected chi connectivity index (χ2v) is 7.22. The van der Waals surface area contributed by atoms with Crippen molar-refractivity contribution in [3.63, 3.8) is 0 Å². The molecule has 3 aromatic carbocycles. The van der Waals surface area contributed by atoms with Gasteiger partial charge in [0.15, 0.2) is 5.78 Å². The molecule has 0 bridgehead atoms. The molecular formula is C25H22N2O5. The number of ketones is 1. The topological polar surface area (TPSA) is 113 Å². The molecule has 0 aromatic heterocycles. The molecule has 0 aliphatic rings. The van der Waals surface area contributed by atoms with Crippen LogP contribution in [0.3, 0.4) is 0 Å². The molecule has 0 radical (unpaired) electrons. The molecule has 0 saturated carbocycles. The van der Waals surface area contributed by atoms with Gasteiger partial charge in [0, 0.05) is 35.7 Å². The maximum Gasteiger partial charge on any atom is 0.326 e. The lowest BCUT2D eigenvalue weighted by Gasteiger charge is -2.15. The van der Waals surface area contributed by atoms with Gasteiger partial charge in [0.25, 0.3) is 5.91 Å². The number of carboxylic acid groups (broad SMARTS) is 1. The average molecular weight is 430 g/mol. The van der Waals surface area contributed by atoms with Gasteiger partial charge in [0.1, 0.15) is 6.04 Å². The summed E-state index contributed by atoms with van der Waals surface area (Å²) in [6.07, 6.45) is 0.0479. The van der Waals surface area contributed by atoms with Crippen LogP contribution in [0.15, 0.2) is 78.9 Å². The fourth-order valence-corrected chi connectivity index (χ4v) is 3.17. The van der Waals surface area contributed by atoms with Gasteiger partial charge in [-0.05, 0) is 23.8 Å². The summed E-state index contributed by atoms with van der Waals surface area (Å²) >= 11 is 0. The van der Waals surface area contributed by atoms with E-state index in [1.165, 1.54) is 19.1 Å². The third kappa shape index (κ3) is 5.89. The Hall–Kier alpha value is -4.26. The number of carbonyl (C=O) groups is 4. The second kappa shape index (κ2) is 10.2. The Labute approximate surface area is 185 Å². The zero-order chi connectivity index (χ0) is 23.1. The van der Waals surface area contributed by atoms with Crippen molar-refractivity contribution >= 4 is 29.3 Å². The number of aliphatic carboxylic acids is 1. The summed E-state index contributed by atoms with van der Waals surface area (Å²) in [6.45, 7) is 1.35. The first-order valence-electron chi connectivity index (χ1n) is 9.93. The Morgan fingerprint density at radius 2 is 1.44 bits per heavy atom. The summed E-state index contributed by atoms with van der Waals surface area (Å²) < 4.78 is 0. The number of hydrogen-bond acceptors (Lipinski definition) is 4. The van der Waals surface area contributed by atoms with Gasteiger partial charge in [0.05, 0.1) is 0 Å². The monoisotopic (exact) mass is 430 g/mol. The minimum atomic E-state index is -1.18. The minimum Gasteiger partial charge on any atom is -0.480 e. The smallest absolute Gasteiger partial charge is 0.326 e. The van der Waals surface area contributed by atoms with Gasteiger partial charge in [-0.15, -0.1) is 0 Å². The molecule has 162 valence electrons. The van der Waals surface area contributed by atoms with Crippen molar-refractivity contribution in [2.45, 2.75) is 19.4 Å². The van der Waals surface area contributed by atoms with E-state index in [9.17, 15) is 24.3 Å². The molecule has 7 nitrogen and oxygen atoms in total. The van der Waals surface area contributed by atoms with E-state index in [4.69, 9.17) is 0 Å². The third-order valence-electron chi connectivity index (χ3n) is 4.74. The molecule has 0 unspecified atom stereocenters. The van der Waals surface area contributed by atoms with E-state index in [1.54, 1.807) is 60.7 Å². The molecule has 3 aromatic rings. The lowest BCUT2D eigenvalue weighted by Crippen LogP contribution is -2.42. The molecule has 0 saturated heterocycles. The zero-order valence-corrected chi connectivity index (χ0v) is 17.4. The lowest BCUT2D eigenvalue weighted by atomic mass is 9.99. The molecule has 0 aliphatic heterocycles.